The summed E-state index contributed by atoms with van der Waals surface area (Å²) in [6.45, 7) is 6.21. The molecule has 0 spiro atoms. The van der Waals surface area contributed by atoms with Crippen LogP contribution in [-0.2, 0) is 26.9 Å². The number of benzene rings is 1. The van der Waals surface area contributed by atoms with E-state index in [0.29, 0.717) is 23.8 Å². The van der Waals surface area contributed by atoms with Gasteiger partial charge in [0.15, 0.2) is 0 Å². The first-order valence-corrected chi connectivity index (χ1v) is 12.8. The third kappa shape index (κ3) is 7.46. The Morgan fingerprint density at radius 3 is 2.45 bits per heavy atom. The summed E-state index contributed by atoms with van der Waals surface area (Å²) in [6, 6.07) is 5.40. The molecule has 0 radical (unpaired) electrons. The number of halogens is 3. The van der Waals surface area contributed by atoms with E-state index in [9.17, 15) is 22.8 Å². The standard InChI is InChI=1S/C28H35F3N2O5/c1-17-5-8-21(9-6-17)27(36)33(19(3)16-37-4)24-11-10-22(13-18(24)2)38-26-23(28(29,30)31)14-20(15-32-26)7-12-25(34)35/h10-11,13-15,17,19,21H,5-9,12,16H2,1-4H3,(H,34,35)/t17?,19-,21?/m0/s1. The molecule has 1 aromatic carbocycles. The largest absolute Gasteiger partial charge is 0.481 e. The number of rotatable bonds is 10. The first-order valence-electron chi connectivity index (χ1n) is 12.8. The van der Waals surface area contributed by atoms with Crippen molar-refractivity contribution in [3.63, 3.8) is 0 Å². The summed E-state index contributed by atoms with van der Waals surface area (Å²) in [6.07, 6.45) is -0.301. The summed E-state index contributed by atoms with van der Waals surface area (Å²) in [5, 5.41) is 8.82. The first kappa shape index (κ1) is 29.4. The zero-order valence-corrected chi connectivity index (χ0v) is 22.2. The molecule has 1 saturated carbocycles. The molecule has 1 atom stereocenters. The predicted molar refractivity (Wildman–Crippen MR) is 136 cm³/mol. The van der Waals surface area contributed by atoms with Gasteiger partial charge in [-0.15, -0.1) is 0 Å². The van der Waals surface area contributed by atoms with Gasteiger partial charge >= 0.3 is 12.1 Å². The summed E-state index contributed by atoms with van der Waals surface area (Å²) in [5.41, 5.74) is 0.379. The molecule has 2 aromatic rings. The number of carboxylic acids is 1. The van der Waals surface area contributed by atoms with Gasteiger partial charge in [0.1, 0.15) is 11.3 Å². The molecule has 38 heavy (non-hydrogen) atoms. The highest BCUT2D eigenvalue weighted by atomic mass is 19.4. The maximum absolute atomic E-state index is 13.7. The Bertz CT molecular complexity index is 1130. The van der Waals surface area contributed by atoms with Crippen molar-refractivity contribution in [2.75, 3.05) is 18.6 Å². The first-order chi connectivity index (χ1) is 17.9. The summed E-state index contributed by atoms with van der Waals surface area (Å²) in [5.74, 6) is -1.06. The molecule has 0 aliphatic heterocycles. The van der Waals surface area contributed by atoms with Crippen LogP contribution in [0.1, 0.15) is 62.6 Å². The maximum atomic E-state index is 13.7. The van der Waals surface area contributed by atoms with Gasteiger partial charge in [0.25, 0.3) is 0 Å². The van der Waals surface area contributed by atoms with E-state index in [1.165, 1.54) is 12.3 Å². The third-order valence-corrected chi connectivity index (χ3v) is 6.93. The molecule has 1 amide bonds. The number of aromatic nitrogens is 1. The summed E-state index contributed by atoms with van der Waals surface area (Å²) in [4.78, 5) is 30.0. The van der Waals surface area contributed by atoms with E-state index in [2.05, 4.69) is 11.9 Å². The molecular formula is C28H35F3N2O5. The van der Waals surface area contributed by atoms with Gasteiger partial charge in [0, 0.05) is 31.3 Å². The van der Waals surface area contributed by atoms with E-state index in [0.717, 1.165) is 31.7 Å². The molecule has 1 N–H and O–H groups in total. The molecule has 0 unspecified atom stereocenters. The van der Waals surface area contributed by atoms with Gasteiger partial charge in [-0.1, -0.05) is 6.92 Å². The summed E-state index contributed by atoms with van der Waals surface area (Å²) >= 11 is 0. The number of hydrogen-bond donors (Lipinski definition) is 1. The third-order valence-electron chi connectivity index (χ3n) is 6.93. The Labute approximate surface area is 221 Å². The number of aryl methyl sites for hydroxylation is 2. The van der Waals surface area contributed by atoms with E-state index in [-0.39, 0.29) is 42.0 Å². The Hall–Kier alpha value is -3.14. The quantitative estimate of drug-likeness (QED) is 0.377. The van der Waals surface area contributed by atoms with Crippen LogP contribution in [0.25, 0.3) is 0 Å². The van der Waals surface area contributed by atoms with Gasteiger partial charge in [-0.2, -0.15) is 13.2 Å². The van der Waals surface area contributed by atoms with Crippen molar-refractivity contribution < 1.29 is 37.3 Å². The molecule has 1 heterocycles. The number of carbonyl (C=O) groups is 2. The molecule has 7 nitrogen and oxygen atoms in total. The fourth-order valence-electron chi connectivity index (χ4n) is 4.83. The number of pyridine rings is 1. The number of carboxylic acid groups (broad SMARTS) is 1. The monoisotopic (exact) mass is 536 g/mol. The van der Waals surface area contributed by atoms with E-state index in [4.69, 9.17) is 14.6 Å². The zero-order chi connectivity index (χ0) is 28.0. The van der Waals surface area contributed by atoms with Crippen molar-refractivity contribution in [1.29, 1.82) is 0 Å². The lowest BCUT2D eigenvalue weighted by Gasteiger charge is -2.35. The molecule has 1 aliphatic rings. The molecule has 0 saturated heterocycles. The van der Waals surface area contributed by atoms with E-state index < -0.39 is 23.6 Å². The van der Waals surface area contributed by atoms with E-state index >= 15 is 0 Å². The maximum Gasteiger partial charge on any atom is 0.421 e. The topological polar surface area (TPSA) is 89.0 Å². The number of methoxy groups -OCH3 is 1. The number of aliphatic carboxylic acids is 1. The molecule has 1 aliphatic carbocycles. The molecule has 1 aromatic heterocycles. The van der Waals surface area contributed by atoms with Crippen LogP contribution in [0.5, 0.6) is 11.6 Å². The van der Waals surface area contributed by atoms with Gasteiger partial charge in [0.05, 0.1) is 12.6 Å². The Balaban J connectivity index is 1.88. The second-order valence-electron chi connectivity index (χ2n) is 10.1. The normalized spacial score (nSPS) is 18.6. The van der Waals surface area contributed by atoms with Gasteiger partial charge in [-0.25, -0.2) is 4.98 Å². The molecule has 3 rings (SSSR count). The molecular weight excluding hydrogens is 501 g/mol. The lowest BCUT2D eigenvalue weighted by molar-refractivity contribution is -0.139. The Kier molecular flexibility index (Phi) is 9.76. The van der Waals surface area contributed by atoms with Crippen molar-refractivity contribution >= 4 is 17.6 Å². The van der Waals surface area contributed by atoms with Crippen molar-refractivity contribution in [2.24, 2.45) is 11.8 Å². The average Bonchev–Trinajstić information content (AvgIpc) is 2.84. The number of ether oxygens (including phenoxy) is 2. The Morgan fingerprint density at radius 2 is 1.87 bits per heavy atom. The SMILES string of the molecule is COC[C@H](C)N(C(=O)C1CCC(C)CC1)c1ccc(Oc2ncc(CCC(=O)O)cc2C(F)(F)F)cc1C. The summed E-state index contributed by atoms with van der Waals surface area (Å²) in [7, 11) is 1.57. The van der Waals surface area contributed by atoms with Crippen LogP contribution < -0.4 is 9.64 Å². The fourth-order valence-corrected chi connectivity index (χ4v) is 4.83. The van der Waals surface area contributed by atoms with Crippen molar-refractivity contribution in [1.82, 2.24) is 4.98 Å². The number of carbonyl (C=O) groups excluding carboxylic acids is 1. The smallest absolute Gasteiger partial charge is 0.421 e. The number of amides is 1. The molecule has 1 fully saturated rings. The number of hydrogen-bond acceptors (Lipinski definition) is 5. The minimum Gasteiger partial charge on any atom is -0.481 e. The zero-order valence-electron chi connectivity index (χ0n) is 22.2. The lowest BCUT2D eigenvalue weighted by Crippen LogP contribution is -2.45. The number of anilines is 1. The highest BCUT2D eigenvalue weighted by Crippen LogP contribution is 2.39. The van der Waals surface area contributed by atoms with Crippen LogP contribution in [0.4, 0.5) is 18.9 Å². The van der Waals surface area contributed by atoms with Crippen LogP contribution >= 0.6 is 0 Å². The number of alkyl halides is 3. The fraction of sp³-hybridized carbons (Fsp3) is 0.536. The van der Waals surface area contributed by atoms with Crippen LogP contribution in [0.3, 0.4) is 0 Å². The Morgan fingerprint density at radius 1 is 1.18 bits per heavy atom. The number of nitrogens with zero attached hydrogens (tertiary/aromatic N) is 2. The predicted octanol–water partition coefficient (Wildman–Crippen LogP) is 6.41. The highest BCUT2D eigenvalue weighted by molar-refractivity contribution is 5.96. The lowest BCUT2D eigenvalue weighted by atomic mass is 9.82. The molecule has 0 bridgehead atoms. The molecule has 208 valence electrons. The van der Waals surface area contributed by atoms with Crippen molar-refractivity contribution in [3.8, 4) is 11.6 Å². The average molecular weight is 537 g/mol. The minimum atomic E-state index is -4.74. The van der Waals surface area contributed by atoms with Crippen molar-refractivity contribution in [2.45, 2.75) is 71.5 Å². The van der Waals surface area contributed by atoms with Gasteiger partial charge in [0.2, 0.25) is 11.8 Å². The van der Waals surface area contributed by atoms with Gasteiger partial charge in [-0.3, -0.25) is 9.59 Å². The van der Waals surface area contributed by atoms with Crippen LogP contribution in [0, 0.1) is 18.8 Å². The molecule has 10 heteroatoms. The van der Waals surface area contributed by atoms with Crippen molar-refractivity contribution in [3.05, 3.63) is 47.2 Å². The van der Waals surface area contributed by atoms with Crippen LogP contribution in [-0.4, -0.2) is 41.7 Å². The highest BCUT2D eigenvalue weighted by Gasteiger charge is 2.36. The second-order valence-corrected chi connectivity index (χ2v) is 10.1. The van der Waals surface area contributed by atoms with Gasteiger partial charge < -0.3 is 19.5 Å². The van der Waals surface area contributed by atoms with Gasteiger partial charge in [-0.05, 0) is 87.3 Å². The van der Waals surface area contributed by atoms with E-state index in [1.54, 1.807) is 31.1 Å². The van der Waals surface area contributed by atoms with E-state index in [1.807, 2.05) is 6.92 Å². The van der Waals surface area contributed by atoms with Crippen LogP contribution in [0.15, 0.2) is 30.5 Å². The van der Waals surface area contributed by atoms with Crippen LogP contribution in [0.2, 0.25) is 0 Å². The minimum absolute atomic E-state index is 0.0243. The summed E-state index contributed by atoms with van der Waals surface area (Å²) < 4.78 is 52.1. The second kappa shape index (κ2) is 12.6.